The Hall–Kier alpha value is -2.90. The Bertz CT molecular complexity index is 1210. The van der Waals surface area contributed by atoms with Crippen molar-refractivity contribution >= 4 is 50.5 Å². The number of hydrogen-bond acceptors (Lipinski definition) is 4. The Morgan fingerprint density at radius 3 is 2.62 bits per heavy atom. The highest BCUT2D eigenvalue weighted by atomic mass is 79.9. The summed E-state index contributed by atoms with van der Waals surface area (Å²) in [5.41, 5.74) is 3.64. The molecular weight excluding hydrogens is 491 g/mol. The summed E-state index contributed by atoms with van der Waals surface area (Å²) in [6.07, 6.45) is 2.78. The predicted octanol–water partition coefficient (Wildman–Crippen LogP) is 6.62. The lowest BCUT2D eigenvalue weighted by atomic mass is 10.2. The lowest BCUT2D eigenvalue weighted by Gasteiger charge is -2.09. The van der Waals surface area contributed by atoms with E-state index in [0.29, 0.717) is 15.8 Å². The summed E-state index contributed by atoms with van der Waals surface area (Å²) in [4.78, 5) is 17.5. The summed E-state index contributed by atoms with van der Waals surface area (Å²) < 4.78 is 19.8. The molecule has 4 rings (SSSR count). The van der Waals surface area contributed by atoms with Gasteiger partial charge in [0, 0.05) is 0 Å². The fourth-order valence-electron chi connectivity index (χ4n) is 3.07. The number of amidine groups is 1. The zero-order valence-corrected chi connectivity index (χ0v) is 19.7. The smallest absolute Gasteiger partial charge is 0.264 e. The molecule has 4 nitrogen and oxygen atoms in total. The summed E-state index contributed by atoms with van der Waals surface area (Å²) in [6.45, 7) is 2.36. The highest BCUT2D eigenvalue weighted by Gasteiger charge is 2.23. The molecule has 0 saturated carbocycles. The molecule has 1 aliphatic rings. The molecule has 1 heterocycles. The average molecular weight is 511 g/mol. The van der Waals surface area contributed by atoms with Crippen LogP contribution in [0.15, 0.2) is 81.1 Å². The number of halogens is 2. The van der Waals surface area contributed by atoms with Crippen LogP contribution in [0.3, 0.4) is 0 Å². The SMILES string of the molecule is CCc1ccc(N=C2NC(=O)/C(=C/c3ccc(OCc4cccc(F)c4)c(Br)c3)S2)cc1. The number of thioether (sulfide) groups is 1. The summed E-state index contributed by atoms with van der Waals surface area (Å²) in [7, 11) is 0. The molecule has 0 bridgehead atoms. The van der Waals surface area contributed by atoms with E-state index in [1.54, 1.807) is 6.07 Å². The first-order valence-electron chi connectivity index (χ1n) is 10.1. The number of nitrogens with one attached hydrogen (secondary N) is 1. The maximum Gasteiger partial charge on any atom is 0.264 e. The number of carbonyl (C=O) groups excluding carboxylic acids is 1. The Kier molecular flexibility index (Phi) is 7.07. The molecule has 162 valence electrons. The second-order valence-electron chi connectivity index (χ2n) is 7.11. The summed E-state index contributed by atoms with van der Waals surface area (Å²) in [6, 6.07) is 19.8. The molecule has 3 aromatic rings. The number of carbonyl (C=O) groups is 1. The Morgan fingerprint density at radius 1 is 1.09 bits per heavy atom. The molecule has 0 atom stereocenters. The third kappa shape index (κ3) is 5.66. The van der Waals surface area contributed by atoms with Crippen LogP contribution >= 0.6 is 27.7 Å². The number of aliphatic imine (C=N–C) groups is 1. The largest absolute Gasteiger partial charge is 0.488 e. The molecule has 0 radical (unpaired) electrons. The number of ether oxygens (including phenoxy) is 1. The Balaban J connectivity index is 1.44. The van der Waals surface area contributed by atoms with Crippen molar-refractivity contribution in [3.8, 4) is 5.75 Å². The molecule has 0 spiro atoms. The second-order valence-corrected chi connectivity index (χ2v) is 9.00. The molecule has 1 saturated heterocycles. The second kappa shape index (κ2) is 10.1. The minimum atomic E-state index is -0.291. The normalized spacial score (nSPS) is 15.9. The fraction of sp³-hybridized carbons (Fsp3) is 0.120. The van der Waals surface area contributed by atoms with Gasteiger partial charge in [-0.2, -0.15) is 0 Å². The number of nitrogens with zero attached hydrogens (tertiary/aromatic N) is 1. The van der Waals surface area contributed by atoms with Crippen LogP contribution in [0.25, 0.3) is 6.08 Å². The van der Waals surface area contributed by atoms with Crippen LogP contribution in [0.5, 0.6) is 5.75 Å². The van der Waals surface area contributed by atoms with E-state index in [0.717, 1.165) is 27.7 Å². The Morgan fingerprint density at radius 2 is 1.91 bits per heavy atom. The van der Waals surface area contributed by atoms with Crippen molar-refractivity contribution in [2.75, 3.05) is 0 Å². The van der Waals surface area contributed by atoms with Crippen molar-refractivity contribution in [2.24, 2.45) is 4.99 Å². The number of rotatable bonds is 6. The Labute approximate surface area is 198 Å². The standard InChI is InChI=1S/C25H20BrFN2O2S/c1-2-16-6-9-20(10-7-16)28-25-29-24(30)23(32-25)14-17-8-11-22(21(26)13-17)31-15-18-4-3-5-19(27)12-18/h3-14H,2,15H2,1H3,(H,28,29,30)/b23-14-. The summed E-state index contributed by atoms with van der Waals surface area (Å²) in [5.74, 6) is 0.166. The van der Waals surface area contributed by atoms with Gasteiger partial charge in [-0.1, -0.05) is 37.3 Å². The molecule has 1 fully saturated rings. The third-order valence-corrected chi connectivity index (χ3v) is 6.29. The molecule has 0 aliphatic carbocycles. The quantitative estimate of drug-likeness (QED) is 0.379. The minimum Gasteiger partial charge on any atom is -0.488 e. The number of amides is 1. The van der Waals surface area contributed by atoms with Gasteiger partial charge in [-0.15, -0.1) is 0 Å². The highest BCUT2D eigenvalue weighted by Crippen LogP contribution is 2.31. The molecule has 7 heteroatoms. The van der Waals surface area contributed by atoms with Crippen molar-refractivity contribution in [3.05, 3.63) is 98.6 Å². The van der Waals surface area contributed by atoms with Crippen LogP contribution in [-0.2, 0) is 17.8 Å². The van der Waals surface area contributed by atoms with Gasteiger partial charge in [0.05, 0.1) is 15.1 Å². The van der Waals surface area contributed by atoms with Crippen LogP contribution in [0.2, 0.25) is 0 Å². The van der Waals surface area contributed by atoms with E-state index in [-0.39, 0.29) is 18.3 Å². The predicted molar refractivity (Wildman–Crippen MR) is 131 cm³/mol. The van der Waals surface area contributed by atoms with Crippen LogP contribution in [0, 0.1) is 5.82 Å². The molecule has 3 aromatic carbocycles. The van der Waals surface area contributed by atoms with Gasteiger partial charge in [0.25, 0.3) is 5.91 Å². The number of aryl methyl sites for hydroxylation is 1. The van der Waals surface area contributed by atoms with Crippen LogP contribution in [0.1, 0.15) is 23.6 Å². The molecule has 1 N–H and O–H groups in total. The van der Waals surface area contributed by atoms with Crippen molar-refractivity contribution in [1.29, 1.82) is 0 Å². The highest BCUT2D eigenvalue weighted by molar-refractivity contribution is 9.10. The summed E-state index contributed by atoms with van der Waals surface area (Å²) in [5, 5.41) is 3.36. The maximum absolute atomic E-state index is 13.3. The lowest BCUT2D eigenvalue weighted by molar-refractivity contribution is -0.115. The van der Waals surface area contributed by atoms with Gasteiger partial charge < -0.3 is 10.1 Å². The van der Waals surface area contributed by atoms with Crippen molar-refractivity contribution in [2.45, 2.75) is 20.0 Å². The first kappa shape index (κ1) is 22.3. The van der Waals surface area contributed by atoms with Gasteiger partial charge in [-0.05, 0) is 93.3 Å². The van der Waals surface area contributed by atoms with Gasteiger partial charge in [-0.25, -0.2) is 9.38 Å². The monoisotopic (exact) mass is 510 g/mol. The molecule has 1 amide bonds. The van der Waals surface area contributed by atoms with E-state index in [2.05, 4.69) is 33.2 Å². The maximum atomic E-state index is 13.3. The minimum absolute atomic E-state index is 0.179. The van der Waals surface area contributed by atoms with Gasteiger partial charge in [0.15, 0.2) is 5.17 Å². The van der Waals surface area contributed by atoms with Crippen LogP contribution < -0.4 is 10.1 Å². The van der Waals surface area contributed by atoms with Crippen molar-refractivity contribution in [1.82, 2.24) is 5.32 Å². The average Bonchev–Trinajstić information content (AvgIpc) is 3.12. The number of benzene rings is 3. The van der Waals surface area contributed by atoms with Gasteiger partial charge in [0.2, 0.25) is 0 Å². The first-order chi connectivity index (χ1) is 15.5. The van der Waals surface area contributed by atoms with E-state index in [4.69, 9.17) is 4.74 Å². The molecule has 0 unspecified atom stereocenters. The van der Waals surface area contributed by atoms with Gasteiger partial charge in [0.1, 0.15) is 18.2 Å². The third-order valence-electron chi connectivity index (χ3n) is 4.76. The van der Waals surface area contributed by atoms with Crippen LogP contribution in [-0.4, -0.2) is 11.1 Å². The van der Waals surface area contributed by atoms with E-state index in [9.17, 15) is 9.18 Å². The first-order valence-corrected chi connectivity index (χ1v) is 11.7. The van der Waals surface area contributed by atoms with Crippen molar-refractivity contribution in [3.63, 3.8) is 0 Å². The number of hydrogen-bond donors (Lipinski definition) is 1. The topological polar surface area (TPSA) is 50.7 Å². The zero-order valence-electron chi connectivity index (χ0n) is 17.3. The van der Waals surface area contributed by atoms with E-state index in [1.165, 1.54) is 29.5 Å². The lowest BCUT2D eigenvalue weighted by Crippen LogP contribution is -2.19. The van der Waals surface area contributed by atoms with E-state index >= 15 is 0 Å². The van der Waals surface area contributed by atoms with Crippen LogP contribution in [0.4, 0.5) is 10.1 Å². The van der Waals surface area contributed by atoms with E-state index in [1.807, 2.05) is 54.6 Å². The summed E-state index contributed by atoms with van der Waals surface area (Å²) >= 11 is 4.81. The van der Waals surface area contributed by atoms with E-state index < -0.39 is 0 Å². The van der Waals surface area contributed by atoms with Crippen molar-refractivity contribution < 1.29 is 13.9 Å². The molecule has 0 aromatic heterocycles. The molecule has 1 aliphatic heterocycles. The molecular formula is C25H20BrFN2O2S. The zero-order chi connectivity index (χ0) is 22.5. The van der Waals surface area contributed by atoms with Gasteiger partial charge in [-0.3, -0.25) is 4.79 Å². The molecule has 32 heavy (non-hydrogen) atoms. The van der Waals surface area contributed by atoms with Gasteiger partial charge >= 0.3 is 0 Å². The fourth-order valence-corrected chi connectivity index (χ4v) is 4.42.